The number of nitrogens with one attached hydrogen (secondary N) is 1. The molecule has 0 unspecified atom stereocenters. The van der Waals surface area contributed by atoms with Crippen LogP contribution in [0.4, 0.5) is 0 Å². The highest BCUT2D eigenvalue weighted by molar-refractivity contribution is 6.31. The van der Waals surface area contributed by atoms with Crippen molar-refractivity contribution in [1.82, 2.24) is 5.32 Å². The number of benzene rings is 1. The lowest BCUT2D eigenvalue weighted by Gasteiger charge is -2.23. The van der Waals surface area contributed by atoms with Crippen LogP contribution in [0.2, 0.25) is 5.02 Å². The molecule has 0 amide bonds. The summed E-state index contributed by atoms with van der Waals surface area (Å²) in [5.41, 5.74) is 2.55. The van der Waals surface area contributed by atoms with Crippen molar-refractivity contribution in [2.45, 2.75) is 51.6 Å². The van der Waals surface area contributed by atoms with Gasteiger partial charge in [-0.15, -0.1) is 0 Å². The molecule has 1 aromatic rings. The molecule has 1 aromatic carbocycles. The van der Waals surface area contributed by atoms with Crippen LogP contribution in [0.3, 0.4) is 0 Å². The van der Waals surface area contributed by atoms with Crippen LogP contribution in [0.5, 0.6) is 0 Å². The molecule has 1 aliphatic rings. The summed E-state index contributed by atoms with van der Waals surface area (Å²) < 4.78 is 0. The summed E-state index contributed by atoms with van der Waals surface area (Å²) in [4.78, 5) is 0. The van der Waals surface area contributed by atoms with Gasteiger partial charge in [-0.2, -0.15) is 0 Å². The van der Waals surface area contributed by atoms with Crippen molar-refractivity contribution in [2.75, 3.05) is 0 Å². The molecule has 1 saturated carbocycles. The lowest BCUT2D eigenvalue weighted by Crippen LogP contribution is -2.30. The Balaban J connectivity index is 1.91. The van der Waals surface area contributed by atoms with Crippen molar-refractivity contribution >= 4 is 11.6 Å². The van der Waals surface area contributed by atoms with E-state index in [4.69, 9.17) is 11.6 Å². The standard InChI is InChI=1S/C14H20ClN/c1-11-12(6-5-9-14(11)15)10-16-13-7-3-2-4-8-13/h5-6,9,13,16H,2-4,7-8,10H2,1H3. The molecule has 16 heavy (non-hydrogen) atoms. The zero-order valence-electron chi connectivity index (χ0n) is 9.93. The highest BCUT2D eigenvalue weighted by Crippen LogP contribution is 2.21. The van der Waals surface area contributed by atoms with Crippen molar-refractivity contribution in [3.8, 4) is 0 Å². The van der Waals surface area contributed by atoms with Crippen LogP contribution in [-0.4, -0.2) is 6.04 Å². The highest BCUT2D eigenvalue weighted by Gasteiger charge is 2.12. The number of rotatable bonds is 3. The molecule has 88 valence electrons. The van der Waals surface area contributed by atoms with Gasteiger partial charge in [-0.05, 0) is 37.0 Å². The third-order valence-electron chi connectivity index (χ3n) is 3.57. The Kier molecular flexibility index (Phi) is 4.25. The van der Waals surface area contributed by atoms with Gasteiger partial charge in [0.25, 0.3) is 0 Å². The van der Waals surface area contributed by atoms with E-state index in [1.807, 2.05) is 12.1 Å². The first-order valence-electron chi connectivity index (χ1n) is 6.25. The number of hydrogen-bond donors (Lipinski definition) is 1. The maximum Gasteiger partial charge on any atom is 0.0438 e. The average molecular weight is 238 g/mol. The summed E-state index contributed by atoms with van der Waals surface area (Å²) in [6, 6.07) is 6.87. The third kappa shape index (κ3) is 2.99. The topological polar surface area (TPSA) is 12.0 Å². The molecular weight excluding hydrogens is 218 g/mol. The predicted octanol–water partition coefficient (Wildman–Crippen LogP) is 4.07. The van der Waals surface area contributed by atoms with Gasteiger partial charge in [0.1, 0.15) is 0 Å². The van der Waals surface area contributed by atoms with Crippen LogP contribution in [0.1, 0.15) is 43.2 Å². The van der Waals surface area contributed by atoms with E-state index in [0.29, 0.717) is 6.04 Å². The maximum absolute atomic E-state index is 6.11. The van der Waals surface area contributed by atoms with E-state index >= 15 is 0 Å². The van der Waals surface area contributed by atoms with Gasteiger partial charge in [0.2, 0.25) is 0 Å². The van der Waals surface area contributed by atoms with Gasteiger partial charge < -0.3 is 5.32 Å². The van der Waals surface area contributed by atoms with Crippen LogP contribution in [0, 0.1) is 6.92 Å². The highest BCUT2D eigenvalue weighted by atomic mass is 35.5. The molecule has 1 aliphatic carbocycles. The summed E-state index contributed by atoms with van der Waals surface area (Å²) in [6.45, 7) is 3.05. The molecule has 2 rings (SSSR count). The second kappa shape index (κ2) is 5.70. The van der Waals surface area contributed by atoms with E-state index in [0.717, 1.165) is 11.6 Å². The molecule has 0 heterocycles. The van der Waals surface area contributed by atoms with E-state index in [9.17, 15) is 0 Å². The first-order chi connectivity index (χ1) is 7.77. The van der Waals surface area contributed by atoms with Gasteiger partial charge in [0, 0.05) is 17.6 Å². The smallest absolute Gasteiger partial charge is 0.0438 e. The SMILES string of the molecule is Cc1c(Cl)cccc1CNC1CCCCC1. The Labute approximate surface area is 103 Å². The van der Waals surface area contributed by atoms with E-state index in [2.05, 4.69) is 18.3 Å². The fourth-order valence-electron chi connectivity index (χ4n) is 2.40. The third-order valence-corrected chi connectivity index (χ3v) is 3.98. The van der Waals surface area contributed by atoms with Crippen LogP contribution in [-0.2, 0) is 6.54 Å². The normalized spacial score (nSPS) is 17.6. The Bertz CT molecular complexity index is 343. The van der Waals surface area contributed by atoms with E-state index in [1.165, 1.54) is 43.2 Å². The minimum Gasteiger partial charge on any atom is -0.310 e. The Morgan fingerprint density at radius 1 is 1.25 bits per heavy atom. The van der Waals surface area contributed by atoms with Crippen molar-refractivity contribution < 1.29 is 0 Å². The monoisotopic (exact) mass is 237 g/mol. The van der Waals surface area contributed by atoms with Crippen molar-refractivity contribution in [2.24, 2.45) is 0 Å². The van der Waals surface area contributed by atoms with E-state index in [-0.39, 0.29) is 0 Å². The largest absolute Gasteiger partial charge is 0.310 e. The van der Waals surface area contributed by atoms with Gasteiger partial charge in [-0.1, -0.05) is 43.0 Å². The molecule has 0 radical (unpaired) electrons. The first kappa shape index (κ1) is 11.9. The zero-order chi connectivity index (χ0) is 11.4. The number of hydrogen-bond acceptors (Lipinski definition) is 1. The molecule has 1 N–H and O–H groups in total. The van der Waals surface area contributed by atoms with Crippen LogP contribution in [0.25, 0.3) is 0 Å². The van der Waals surface area contributed by atoms with Crippen molar-refractivity contribution in [3.63, 3.8) is 0 Å². The van der Waals surface area contributed by atoms with Crippen LogP contribution >= 0.6 is 11.6 Å². The molecule has 0 aromatic heterocycles. The van der Waals surface area contributed by atoms with Crippen LogP contribution < -0.4 is 5.32 Å². The lowest BCUT2D eigenvalue weighted by molar-refractivity contribution is 0.372. The minimum absolute atomic E-state index is 0.715. The Morgan fingerprint density at radius 2 is 2.00 bits per heavy atom. The fourth-order valence-corrected chi connectivity index (χ4v) is 2.60. The molecule has 0 atom stereocenters. The van der Waals surface area contributed by atoms with Gasteiger partial charge in [0.15, 0.2) is 0 Å². The Hall–Kier alpha value is -0.530. The quantitative estimate of drug-likeness (QED) is 0.836. The van der Waals surface area contributed by atoms with Gasteiger partial charge in [0.05, 0.1) is 0 Å². The van der Waals surface area contributed by atoms with Crippen molar-refractivity contribution in [3.05, 3.63) is 34.3 Å². The van der Waals surface area contributed by atoms with Crippen LogP contribution in [0.15, 0.2) is 18.2 Å². The maximum atomic E-state index is 6.11. The van der Waals surface area contributed by atoms with Gasteiger partial charge >= 0.3 is 0 Å². The van der Waals surface area contributed by atoms with Crippen molar-refractivity contribution in [1.29, 1.82) is 0 Å². The van der Waals surface area contributed by atoms with Gasteiger partial charge in [-0.25, -0.2) is 0 Å². The van der Waals surface area contributed by atoms with E-state index in [1.54, 1.807) is 0 Å². The fraction of sp³-hybridized carbons (Fsp3) is 0.571. The molecular formula is C14H20ClN. The molecule has 0 bridgehead atoms. The molecule has 0 saturated heterocycles. The second-order valence-electron chi connectivity index (χ2n) is 4.74. The summed E-state index contributed by atoms with van der Waals surface area (Å²) in [5, 5.41) is 4.53. The second-order valence-corrected chi connectivity index (χ2v) is 5.15. The summed E-state index contributed by atoms with van der Waals surface area (Å²) >= 11 is 6.11. The first-order valence-corrected chi connectivity index (χ1v) is 6.62. The summed E-state index contributed by atoms with van der Waals surface area (Å²) in [6.07, 6.45) is 6.84. The molecule has 1 fully saturated rings. The molecule has 2 heteroatoms. The average Bonchev–Trinajstić information content (AvgIpc) is 2.32. The van der Waals surface area contributed by atoms with Gasteiger partial charge in [-0.3, -0.25) is 0 Å². The number of halogens is 1. The minimum atomic E-state index is 0.715. The molecule has 0 aliphatic heterocycles. The Morgan fingerprint density at radius 3 is 2.75 bits per heavy atom. The summed E-state index contributed by atoms with van der Waals surface area (Å²) in [7, 11) is 0. The zero-order valence-corrected chi connectivity index (χ0v) is 10.7. The van der Waals surface area contributed by atoms with E-state index < -0.39 is 0 Å². The molecule has 0 spiro atoms. The lowest BCUT2D eigenvalue weighted by atomic mass is 9.95. The predicted molar refractivity (Wildman–Crippen MR) is 69.9 cm³/mol. The molecule has 1 nitrogen and oxygen atoms in total. The summed E-state index contributed by atoms with van der Waals surface area (Å²) in [5.74, 6) is 0.